The number of unbranched alkanes of at least 4 members (excludes halogenated alkanes) is 3. The fraction of sp³-hybridized carbons (Fsp3) is 0.677. The first-order valence-electron chi connectivity index (χ1n) is 15.0. The molecule has 1 aromatic rings. The summed E-state index contributed by atoms with van der Waals surface area (Å²) in [5.41, 5.74) is 0.453. The van der Waals surface area contributed by atoms with Gasteiger partial charge in [-0.2, -0.15) is 0 Å². The molecule has 0 saturated heterocycles. The number of carbonyl (C=O) groups is 2. The van der Waals surface area contributed by atoms with Gasteiger partial charge in [0.25, 0.3) is 0 Å². The molecule has 0 fully saturated rings. The van der Waals surface area contributed by atoms with E-state index in [0.29, 0.717) is 24.3 Å². The van der Waals surface area contributed by atoms with E-state index in [9.17, 15) is 9.59 Å². The molecule has 0 saturated carbocycles. The monoisotopic (exact) mass is 667 g/mol. The van der Waals surface area contributed by atoms with E-state index in [-0.39, 0.29) is 18.7 Å². The van der Waals surface area contributed by atoms with Gasteiger partial charge in [-0.05, 0) is 0 Å². The van der Waals surface area contributed by atoms with Gasteiger partial charge in [0.05, 0.1) is 0 Å². The summed E-state index contributed by atoms with van der Waals surface area (Å²) in [4.78, 5) is 28.7. The molecule has 0 radical (unpaired) electrons. The van der Waals surface area contributed by atoms with Crippen LogP contribution in [0.5, 0.6) is 5.75 Å². The number of para-hydroxylation sites is 1. The number of hydrogen-bond acceptors (Lipinski definition) is 5. The van der Waals surface area contributed by atoms with Gasteiger partial charge in [-0.15, -0.1) is 0 Å². The van der Waals surface area contributed by atoms with E-state index in [4.69, 9.17) is 14.2 Å². The van der Waals surface area contributed by atoms with Crippen LogP contribution in [-0.2, 0) is 14.3 Å². The molecule has 1 aliphatic rings. The summed E-state index contributed by atoms with van der Waals surface area (Å²) >= 11 is -2.82. The number of carbonyl (C=O) groups excluding carboxylic acids is 2. The Bertz CT molecular complexity index is 923. The average molecular weight is 667 g/mol. The molecule has 1 aromatic carbocycles. The summed E-state index contributed by atoms with van der Waals surface area (Å²) in [5.74, 6) is -0.0669. The van der Waals surface area contributed by atoms with Gasteiger partial charge in [-0.3, -0.25) is 0 Å². The predicted octanol–water partition coefficient (Wildman–Crippen LogP) is 8.04. The van der Waals surface area contributed by atoms with Crippen molar-refractivity contribution in [1.29, 1.82) is 0 Å². The van der Waals surface area contributed by atoms with Crippen LogP contribution in [0.25, 0.3) is 0 Å². The first-order valence-corrected chi connectivity index (χ1v) is 26.2. The third kappa shape index (κ3) is 10.2. The Balaban J connectivity index is 2.37. The van der Waals surface area contributed by atoms with E-state index >= 15 is 0 Å². The topological polar surface area (TPSA) is 65.1 Å². The van der Waals surface area contributed by atoms with Gasteiger partial charge >= 0.3 is 224 Å². The molecule has 1 heterocycles. The Morgan fingerprint density at radius 2 is 1.56 bits per heavy atom. The molecule has 0 bridgehead atoms. The van der Waals surface area contributed by atoms with Crippen molar-refractivity contribution in [3.05, 3.63) is 39.6 Å². The van der Waals surface area contributed by atoms with Crippen LogP contribution in [0.2, 0.25) is 39.0 Å². The van der Waals surface area contributed by atoms with Crippen LogP contribution >= 0.6 is 0 Å². The summed E-state index contributed by atoms with van der Waals surface area (Å²) in [6.07, 6.45) is 9.91. The van der Waals surface area contributed by atoms with Crippen molar-refractivity contribution >= 4 is 38.3 Å². The summed E-state index contributed by atoms with van der Waals surface area (Å²) in [5, 5.41) is 0. The fourth-order valence-electron chi connectivity index (χ4n) is 5.36. The van der Waals surface area contributed by atoms with Gasteiger partial charge in [-0.1, -0.05) is 19.6 Å². The third-order valence-electron chi connectivity index (χ3n) is 7.87. The number of amides is 1. The van der Waals surface area contributed by atoms with E-state index in [0.717, 1.165) is 6.04 Å². The minimum atomic E-state index is -2.82. The molecule has 1 amide bonds. The van der Waals surface area contributed by atoms with Crippen molar-refractivity contribution in [3.63, 3.8) is 0 Å². The summed E-state index contributed by atoms with van der Waals surface area (Å²) in [6.45, 7) is 14.5. The molecule has 0 spiro atoms. The number of nitrogens with zero attached hydrogens (tertiary/aromatic N) is 1. The van der Waals surface area contributed by atoms with Crippen molar-refractivity contribution in [2.75, 3.05) is 20.5 Å². The first-order chi connectivity index (χ1) is 18.6. The summed E-state index contributed by atoms with van der Waals surface area (Å²) in [7, 11) is 0.226. The number of hydrogen-bond donors (Lipinski definition) is 0. The Morgan fingerprint density at radius 1 is 0.974 bits per heavy atom. The second-order valence-corrected chi connectivity index (χ2v) is 31.2. The van der Waals surface area contributed by atoms with Gasteiger partial charge in [0.1, 0.15) is 0 Å². The van der Waals surface area contributed by atoms with Gasteiger partial charge in [0.2, 0.25) is 0 Å². The molecule has 8 heteroatoms. The van der Waals surface area contributed by atoms with Gasteiger partial charge in [0.15, 0.2) is 0 Å². The van der Waals surface area contributed by atoms with Crippen LogP contribution < -0.4 is 4.74 Å². The second kappa shape index (κ2) is 16.8. The normalized spacial score (nSPS) is 15.8. The number of benzene rings is 1. The Morgan fingerprint density at radius 3 is 2.10 bits per heavy atom. The predicted molar refractivity (Wildman–Crippen MR) is 166 cm³/mol. The molecule has 0 aromatic heterocycles. The zero-order valence-corrected chi connectivity index (χ0v) is 29.5. The van der Waals surface area contributed by atoms with Crippen molar-refractivity contribution < 1.29 is 23.8 Å². The van der Waals surface area contributed by atoms with E-state index in [1.165, 1.54) is 62.5 Å². The SMILES string of the molecule is CCC[CH2][Sn]([CH2]CCC)([CH2]CCC)[C]1=CN(C(=O)c2ccccc2OCOCC[Si](C)(C)C)[C@H](C(=O)OC)C1. The van der Waals surface area contributed by atoms with Crippen molar-refractivity contribution in [2.24, 2.45) is 0 Å². The first kappa shape index (κ1) is 33.9. The van der Waals surface area contributed by atoms with E-state index in [1.54, 1.807) is 17.0 Å². The van der Waals surface area contributed by atoms with Gasteiger partial charge in [0, 0.05) is 0 Å². The molecule has 2 rings (SSSR count). The molecular formula is C31H53NO5SiSn. The van der Waals surface area contributed by atoms with Gasteiger partial charge < -0.3 is 0 Å². The maximum atomic E-state index is 14.0. The van der Waals surface area contributed by atoms with Crippen molar-refractivity contribution in [1.82, 2.24) is 4.90 Å². The van der Waals surface area contributed by atoms with Crippen LogP contribution in [0.3, 0.4) is 0 Å². The number of rotatable bonds is 18. The van der Waals surface area contributed by atoms with Crippen LogP contribution in [0.4, 0.5) is 0 Å². The maximum absolute atomic E-state index is 14.0. The molecule has 1 atom stereocenters. The number of esters is 1. The van der Waals surface area contributed by atoms with Crippen LogP contribution in [-0.4, -0.2) is 69.8 Å². The molecule has 0 aliphatic carbocycles. The summed E-state index contributed by atoms with van der Waals surface area (Å²) in [6, 6.07) is 7.73. The minimum absolute atomic E-state index is 0.0981. The van der Waals surface area contributed by atoms with Gasteiger partial charge in [-0.25, -0.2) is 0 Å². The molecule has 0 unspecified atom stereocenters. The molecular weight excluding hydrogens is 613 g/mol. The van der Waals surface area contributed by atoms with Crippen LogP contribution in [0, 0.1) is 0 Å². The van der Waals surface area contributed by atoms with E-state index in [2.05, 4.69) is 46.6 Å². The summed E-state index contributed by atoms with van der Waals surface area (Å²) < 4.78 is 22.2. The average Bonchev–Trinajstić information content (AvgIpc) is 3.37. The van der Waals surface area contributed by atoms with Crippen LogP contribution in [0.1, 0.15) is 76.1 Å². The van der Waals surface area contributed by atoms with Crippen molar-refractivity contribution in [2.45, 2.75) is 111 Å². The molecule has 220 valence electrons. The third-order valence-corrected chi connectivity index (χ3v) is 25.6. The standard InChI is InChI=1S/C19H26NO5Si.3C4H9.Sn/c1-23-19(22)16-9-7-11-20(16)18(21)15-8-5-6-10-17(15)25-14-24-12-13-26(2,3)4;3*1-3-4-2;/h5-6,8,10-11,16H,9,12-14H2,1-4H3;3*1,3-4H2,2H3;/t16-;;;;/m0..../s1. The molecule has 1 aliphatic heterocycles. The van der Waals surface area contributed by atoms with Crippen LogP contribution in [0.15, 0.2) is 34.1 Å². The van der Waals surface area contributed by atoms with Crippen molar-refractivity contribution in [3.8, 4) is 5.75 Å². The Kier molecular flexibility index (Phi) is 14.6. The fourth-order valence-corrected chi connectivity index (χ4v) is 22.8. The van der Waals surface area contributed by atoms with E-state index < -0.39 is 32.5 Å². The number of ether oxygens (including phenoxy) is 3. The Labute approximate surface area is 242 Å². The Hall–Kier alpha value is -1.32. The molecule has 6 nitrogen and oxygen atoms in total. The second-order valence-electron chi connectivity index (χ2n) is 12.2. The number of methoxy groups -OCH3 is 1. The van der Waals surface area contributed by atoms with E-state index in [1.807, 2.05) is 12.1 Å². The zero-order chi connectivity index (χ0) is 28.9. The quantitative estimate of drug-likeness (QED) is 0.0687. The zero-order valence-electron chi connectivity index (χ0n) is 25.6. The molecule has 0 N–H and O–H groups in total. The molecule has 39 heavy (non-hydrogen) atoms.